The van der Waals surface area contributed by atoms with E-state index in [1.807, 2.05) is 19.9 Å². The highest BCUT2D eigenvalue weighted by Crippen LogP contribution is 2.34. The van der Waals surface area contributed by atoms with Gasteiger partial charge in [-0.1, -0.05) is 25.2 Å². The number of hydrogen-bond acceptors (Lipinski definition) is 5. The van der Waals surface area contributed by atoms with E-state index in [1.54, 1.807) is 13.2 Å². The summed E-state index contributed by atoms with van der Waals surface area (Å²) >= 11 is 1.39. The quantitative estimate of drug-likeness (QED) is 0.844. The van der Waals surface area contributed by atoms with Crippen LogP contribution >= 0.6 is 11.3 Å². The molecule has 0 aliphatic heterocycles. The topological polar surface area (TPSA) is 77.2 Å². The number of thiazole rings is 1. The van der Waals surface area contributed by atoms with Crippen molar-refractivity contribution < 1.29 is 9.53 Å². The lowest BCUT2D eigenvalue weighted by molar-refractivity contribution is -0.119. The monoisotopic (exact) mass is 279 g/mol. The summed E-state index contributed by atoms with van der Waals surface area (Å²) in [7, 11) is 1.57. The Morgan fingerprint density at radius 3 is 2.95 bits per heavy atom. The fourth-order valence-corrected chi connectivity index (χ4v) is 2.58. The maximum Gasteiger partial charge on any atom is 0.228 e. The summed E-state index contributed by atoms with van der Waals surface area (Å²) in [6, 6.07) is 3.55. The molecule has 102 valence electrons. The van der Waals surface area contributed by atoms with Gasteiger partial charge in [0.05, 0.1) is 11.8 Å². The van der Waals surface area contributed by atoms with E-state index in [1.165, 1.54) is 11.3 Å². The first-order chi connectivity index (χ1) is 9.05. The minimum Gasteiger partial charge on any atom is -0.494 e. The van der Waals surface area contributed by atoms with E-state index in [4.69, 9.17) is 10.5 Å². The minimum absolute atomic E-state index is 0.0199. The first-order valence-corrected chi connectivity index (χ1v) is 6.91. The van der Waals surface area contributed by atoms with Crippen LogP contribution in [0.5, 0.6) is 5.75 Å². The van der Waals surface area contributed by atoms with Crippen LogP contribution in [0, 0.1) is 5.92 Å². The Kier molecular flexibility index (Phi) is 3.90. The van der Waals surface area contributed by atoms with Crippen molar-refractivity contribution in [1.82, 2.24) is 4.98 Å². The Morgan fingerprint density at radius 1 is 1.58 bits per heavy atom. The minimum atomic E-state index is -0.0287. The van der Waals surface area contributed by atoms with E-state index in [9.17, 15) is 4.79 Å². The number of anilines is 2. The fraction of sp³-hybridized carbons (Fsp3) is 0.385. The molecule has 6 heteroatoms. The van der Waals surface area contributed by atoms with Gasteiger partial charge in [0.15, 0.2) is 5.13 Å². The van der Waals surface area contributed by atoms with Gasteiger partial charge in [-0.05, 0) is 12.5 Å². The molecule has 0 aliphatic rings. The van der Waals surface area contributed by atoms with Crippen LogP contribution in [0.3, 0.4) is 0 Å². The Balaban J connectivity index is 2.34. The van der Waals surface area contributed by atoms with Crippen LogP contribution in [0.1, 0.15) is 20.3 Å². The molecular weight excluding hydrogens is 262 g/mol. The van der Waals surface area contributed by atoms with Crippen LogP contribution in [0.15, 0.2) is 12.1 Å². The highest BCUT2D eigenvalue weighted by molar-refractivity contribution is 7.22. The molecule has 1 aromatic heterocycles. The van der Waals surface area contributed by atoms with Crippen molar-refractivity contribution >= 4 is 38.3 Å². The van der Waals surface area contributed by atoms with E-state index in [2.05, 4.69) is 10.3 Å². The van der Waals surface area contributed by atoms with Crippen LogP contribution < -0.4 is 15.8 Å². The van der Waals surface area contributed by atoms with Gasteiger partial charge < -0.3 is 15.8 Å². The molecule has 0 bridgehead atoms. The van der Waals surface area contributed by atoms with Crippen molar-refractivity contribution in [3.8, 4) is 5.75 Å². The average molecular weight is 279 g/mol. The molecule has 0 aliphatic carbocycles. The van der Waals surface area contributed by atoms with Gasteiger partial charge >= 0.3 is 0 Å². The van der Waals surface area contributed by atoms with E-state index in [0.29, 0.717) is 16.6 Å². The number of nitrogens with zero attached hydrogens (tertiary/aromatic N) is 1. The summed E-state index contributed by atoms with van der Waals surface area (Å²) in [5.41, 5.74) is 7.13. The number of aromatic nitrogens is 1. The summed E-state index contributed by atoms with van der Waals surface area (Å²) in [4.78, 5) is 16.2. The average Bonchev–Trinajstić information content (AvgIpc) is 2.78. The number of benzene rings is 1. The maximum atomic E-state index is 11.8. The third kappa shape index (κ3) is 2.78. The van der Waals surface area contributed by atoms with Gasteiger partial charge in [-0.25, -0.2) is 4.98 Å². The van der Waals surface area contributed by atoms with Crippen LogP contribution in [0.25, 0.3) is 10.2 Å². The second kappa shape index (κ2) is 5.44. The number of carbonyl (C=O) groups is 1. The number of carbonyl (C=O) groups excluding carboxylic acids is 1. The van der Waals surface area contributed by atoms with Crippen LogP contribution in [-0.4, -0.2) is 18.0 Å². The van der Waals surface area contributed by atoms with Crippen molar-refractivity contribution in [2.45, 2.75) is 20.3 Å². The highest BCUT2D eigenvalue weighted by atomic mass is 32.1. The molecule has 0 saturated carbocycles. The number of nitrogens with one attached hydrogen (secondary N) is 1. The van der Waals surface area contributed by atoms with Crippen LogP contribution in [0.2, 0.25) is 0 Å². The summed E-state index contributed by atoms with van der Waals surface area (Å²) in [5, 5.41) is 3.40. The number of nitrogen functional groups attached to an aromatic ring is 1. The number of hydrogen-bond donors (Lipinski definition) is 2. The molecule has 2 aromatic rings. The molecule has 2 rings (SSSR count). The summed E-state index contributed by atoms with van der Waals surface area (Å²) < 4.78 is 6.15. The molecule has 1 unspecified atom stereocenters. The first kappa shape index (κ1) is 13.6. The van der Waals surface area contributed by atoms with E-state index >= 15 is 0 Å². The molecule has 3 N–H and O–H groups in total. The molecule has 0 radical (unpaired) electrons. The predicted octanol–water partition coefficient (Wildman–Crippen LogP) is 2.87. The van der Waals surface area contributed by atoms with Crippen molar-refractivity contribution in [3.05, 3.63) is 12.1 Å². The molecule has 1 amide bonds. The molecule has 1 atom stereocenters. The Morgan fingerprint density at radius 2 is 2.32 bits per heavy atom. The van der Waals surface area contributed by atoms with Crippen molar-refractivity contribution in [2.24, 2.45) is 5.92 Å². The van der Waals surface area contributed by atoms with Gasteiger partial charge in [-0.2, -0.15) is 0 Å². The molecular formula is C13H17N3O2S. The van der Waals surface area contributed by atoms with Crippen LogP contribution in [0.4, 0.5) is 10.8 Å². The third-order valence-electron chi connectivity index (χ3n) is 2.99. The molecule has 0 saturated heterocycles. The second-order valence-corrected chi connectivity index (χ2v) is 5.42. The molecule has 5 nitrogen and oxygen atoms in total. The Labute approximate surface area is 115 Å². The van der Waals surface area contributed by atoms with E-state index < -0.39 is 0 Å². The number of fused-ring (bicyclic) bond motifs is 1. The molecule has 1 heterocycles. The van der Waals surface area contributed by atoms with Gasteiger partial charge in [-0.3, -0.25) is 4.79 Å². The summed E-state index contributed by atoms with van der Waals surface area (Å²) in [6.45, 7) is 3.87. The molecule has 1 aromatic carbocycles. The summed E-state index contributed by atoms with van der Waals surface area (Å²) in [5.74, 6) is 0.572. The van der Waals surface area contributed by atoms with Crippen molar-refractivity contribution in [2.75, 3.05) is 18.2 Å². The SMILES string of the molecule is CCC(C)C(=O)Nc1nc2c(OC)cc(N)cc2s1. The number of amides is 1. The highest BCUT2D eigenvalue weighted by Gasteiger charge is 2.15. The molecule has 0 spiro atoms. The Hall–Kier alpha value is -1.82. The summed E-state index contributed by atoms with van der Waals surface area (Å²) in [6.07, 6.45) is 0.799. The predicted molar refractivity (Wildman–Crippen MR) is 78.7 cm³/mol. The second-order valence-electron chi connectivity index (χ2n) is 4.39. The Bertz CT molecular complexity index is 609. The lowest BCUT2D eigenvalue weighted by atomic mass is 10.1. The van der Waals surface area contributed by atoms with E-state index in [-0.39, 0.29) is 11.8 Å². The van der Waals surface area contributed by atoms with Gasteiger partial charge in [0.1, 0.15) is 11.3 Å². The molecule has 0 fully saturated rings. The van der Waals surface area contributed by atoms with Crippen molar-refractivity contribution in [1.29, 1.82) is 0 Å². The van der Waals surface area contributed by atoms with Crippen molar-refractivity contribution in [3.63, 3.8) is 0 Å². The zero-order valence-corrected chi connectivity index (χ0v) is 12.0. The third-order valence-corrected chi connectivity index (χ3v) is 3.91. The number of nitrogens with two attached hydrogens (primary N) is 1. The maximum absolute atomic E-state index is 11.8. The number of methoxy groups -OCH3 is 1. The van der Waals surface area contributed by atoms with Gasteiger partial charge in [0.2, 0.25) is 5.91 Å². The number of rotatable bonds is 4. The molecule has 19 heavy (non-hydrogen) atoms. The normalized spacial score (nSPS) is 12.4. The smallest absolute Gasteiger partial charge is 0.228 e. The zero-order valence-electron chi connectivity index (χ0n) is 11.2. The van der Waals surface area contributed by atoms with Crippen LogP contribution in [-0.2, 0) is 4.79 Å². The van der Waals surface area contributed by atoms with E-state index in [0.717, 1.165) is 16.6 Å². The lowest BCUT2D eigenvalue weighted by Gasteiger charge is -2.06. The first-order valence-electron chi connectivity index (χ1n) is 6.10. The largest absolute Gasteiger partial charge is 0.494 e. The van der Waals surface area contributed by atoms with Gasteiger partial charge in [0, 0.05) is 17.7 Å². The van der Waals surface area contributed by atoms with Gasteiger partial charge in [-0.15, -0.1) is 0 Å². The van der Waals surface area contributed by atoms with Gasteiger partial charge in [0.25, 0.3) is 0 Å². The number of ether oxygens (including phenoxy) is 1. The standard InChI is InChI=1S/C13H17N3O2S/c1-4-7(2)12(17)16-13-15-11-9(18-3)5-8(14)6-10(11)19-13/h5-7H,4,14H2,1-3H3,(H,15,16,17). The fourth-order valence-electron chi connectivity index (χ4n) is 1.64. The zero-order chi connectivity index (χ0) is 14.0. The lowest BCUT2D eigenvalue weighted by Crippen LogP contribution is -2.19.